The molecule has 3 atom stereocenters. The highest BCUT2D eigenvalue weighted by atomic mass is 16.5. The van der Waals surface area contributed by atoms with Gasteiger partial charge in [0, 0.05) is 24.7 Å². The van der Waals surface area contributed by atoms with Gasteiger partial charge in [-0.2, -0.15) is 0 Å². The van der Waals surface area contributed by atoms with Crippen LogP contribution in [0.15, 0.2) is 0 Å². The summed E-state index contributed by atoms with van der Waals surface area (Å²) < 4.78 is 5.58. The maximum atomic E-state index is 5.58. The summed E-state index contributed by atoms with van der Waals surface area (Å²) in [5.74, 6) is 0.893. The molecular formula is C13H24N2O. The van der Waals surface area contributed by atoms with Crippen LogP contribution in [0, 0.1) is 5.92 Å². The summed E-state index contributed by atoms with van der Waals surface area (Å²) in [5, 5.41) is 7.42. The first kappa shape index (κ1) is 11.0. The van der Waals surface area contributed by atoms with E-state index in [1.54, 1.807) is 0 Å². The predicted octanol–water partition coefficient (Wildman–Crippen LogP) is 1.28. The zero-order valence-electron chi connectivity index (χ0n) is 10.2. The molecule has 3 heteroatoms. The van der Waals surface area contributed by atoms with E-state index < -0.39 is 0 Å². The van der Waals surface area contributed by atoms with Crippen LogP contribution in [0.5, 0.6) is 0 Å². The van der Waals surface area contributed by atoms with Gasteiger partial charge >= 0.3 is 0 Å². The molecule has 3 fully saturated rings. The van der Waals surface area contributed by atoms with Crippen LogP contribution < -0.4 is 10.6 Å². The number of fused-ring (bicyclic) bond motifs is 2. The maximum absolute atomic E-state index is 5.58. The molecule has 0 spiro atoms. The second kappa shape index (κ2) is 4.63. The lowest BCUT2D eigenvalue weighted by atomic mass is 9.86. The van der Waals surface area contributed by atoms with Crippen molar-refractivity contribution in [2.45, 2.75) is 63.3 Å². The summed E-state index contributed by atoms with van der Waals surface area (Å²) in [5.41, 5.74) is 0. The first-order valence-corrected chi connectivity index (χ1v) is 6.96. The van der Waals surface area contributed by atoms with Crippen LogP contribution in [-0.2, 0) is 4.74 Å². The average Bonchev–Trinajstić information content (AvgIpc) is 2.82. The van der Waals surface area contributed by atoms with Gasteiger partial charge in [-0.05, 0) is 51.5 Å². The minimum atomic E-state index is 0.542. The quantitative estimate of drug-likeness (QED) is 0.738. The van der Waals surface area contributed by atoms with E-state index in [0.29, 0.717) is 6.10 Å². The Balaban J connectivity index is 1.33. The maximum Gasteiger partial charge on any atom is 0.0604 e. The summed E-state index contributed by atoms with van der Waals surface area (Å²) >= 11 is 0. The van der Waals surface area contributed by atoms with Crippen LogP contribution in [0.3, 0.4) is 0 Å². The van der Waals surface area contributed by atoms with E-state index in [0.717, 1.165) is 30.7 Å². The van der Waals surface area contributed by atoms with Gasteiger partial charge in [0.1, 0.15) is 0 Å². The van der Waals surface area contributed by atoms with Crippen molar-refractivity contribution in [2.24, 2.45) is 5.92 Å². The molecule has 3 aliphatic rings. The standard InChI is InChI=1S/C13H24N2O/c1-2-16-12-6-11(7-12)14-8-9-5-10-3-4-13(9)15-10/h9-15H,2-8H2,1H3. The molecule has 92 valence electrons. The third kappa shape index (κ3) is 2.13. The van der Waals surface area contributed by atoms with Crippen molar-refractivity contribution in [1.29, 1.82) is 0 Å². The Bertz CT molecular complexity index is 240. The SMILES string of the molecule is CCOC1CC(NCC2CC3CCC2N3)C1. The average molecular weight is 224 g/mol. The van der Waals surface area contributed by atoms with Crippen molar-refractivity contribution in [2.75, 3.05) is 13.2 Å². The topological polar surface area (TPSA) is 33.3 Å². The Morgan fingerprint density at radius 1 is 1.25 bits per heavy atom. The summed E-state index contributed by atoms with van der Waals surface area (Å²) in [7, 11) is 0. The largest absolute Gasteiger partial charge is 0.378 e. The molecule has 0 amide bonds. The monoisotopic (exact) mass is 224 g/mol. The zero-order chi connectivity index (χ0) is 11.0. The van der Waals surface area contributed by atoms with Crippen LogP contribution in [0.2, 0.25) is 0 Å². The first-order valence-electron chi connectivity index (χ1n) is 6.96. The van der Waals surface area contributed by atoms with Crippen LogP contribution in [0.1, 0.15) is 39.0 Å². The summed E-state index contributed by atoms with van der Waals surface area (Å²) in [6, 6.07) is 2.39. The fourth-order valence-corrected chi connectivity index (χ4v) is 3.59. The smallest absolute Gasteiger partial charge is 0.0604 e. The molecule has 2 N–H and O–H groups in total. The van der Waals surface area contributed by atoms with Gasteiger partial charge in [-0.3, -0.25) is 0 Å². The van der Waals surface area contributed by atoms with Crippen LogP contribution >= 0.6 is 0 Å². The third-order valence-electron chi connectivity index (χ3n) is 4.60. The number of ether oxygens (including phenoxy) is 1. The highest BCUT2D eigenvalue weighted by Crippen LogP contribution is 2.33. The van der Waals surface area contributed by atoms with Gasteiger partial charge in [-0.25, -0.2) is 0 Å². The predicted molar refractivity (Wildman–Crippen MR) is 64.5 cm³/mol. The van der Waals surface area contributed by atoms with Crippen LogP contribution in [0.25, 0.3) is 0 Å². The number of rotatable bonds is 5. The van der Waals surface area contributed by atoms with Crippen molar-refractivity contribution in [1.82, 2.24) is 10.6 Å². The van der Waals surface area contributed by atoms with Gasteiger partial charge < -0.3 is 15.4 Å². The highest BCUT2D eigenvalue weighted by molar-refractivity contribution is 4.98. The Morgan fingerprint density at radius 2 is 2.12 bits per heavy atom. The Labute approximate surface area is 98.3 Å². The molecule has 0 radical (unpaired) electrons. The van der Waals surface area contributed by atoms with Gasteiger partial charge in [0.05, 0.1) is 6.10 Å². The minimum absolute atomic E-state index is 0.542. The second-order valence-corrected chi connectivity index (χ2v) is 5.70. The first-order chi connectivity index (χ1) is 7.85. The fraction of sp³-hybridized carbons (Fsp3) is 1.00. The van der Waals surface area contributed by atoms with E-state index in [-0.39, 0.29) is 0 Å². The summed E-state index contributed by atoms with van der Waals surface area (Å²) in [4.78, 5) is 0. The van der Waals surface area contributed by atoms with Crippen molar-refractivity contribution in [3.05, 3.63) is 0 Å². The van der Waals surface area contributed by atoms with Crippen molar-refractivity contribution < 1.29 is 4.74 Å². The van der Waals surface area contributed by atoms with Gasteiger partial charge in [-0.1, -0.05) is 0 Å². The van der Waals surface area contributed by atoms with E-state index in [2.05, 4.69) is 17.6 Å². The van der Waals surface area contributed by atoms with Crippen molar-refractivity contribution in [3.63, 3.8) is 0 Å². The molecule has 2 aliphatic heterocycles. The summed E-state index contributed by atoms with van der Waals surface area (Å²) in [6.45, 7) is 4.17. The molecule has 2 bridgehead atoms. The van der Waals surface area contributed by atoms with Gasteiger partial charge in [0.25, 0.3) is 0 Å². The Hall–Kier alpha value is -0.120. The lowest BCUT2D eigenvalue weighted by Gasteiger charge is -2.36. The molecule has 1 aliphatic carbocycles. The third-order valence-corrected chi connectivity index (χ3v) is 4.60. The molecule has 16 heavy (non-hydrogen) atoms. The Morgan fingerprint density at radius 3 is 2.75 bits per heavy atom. The normalized spacial score (nSPS) is 45.9. The molecule has 2 heterocycles. The lowest BCUT2D eigenvalue weighted by molar-refractivity contribution is -0.0107. The lowest BCUT2D eigenvalue weighted by Crippen LogP contribution is -2.47. The van der Waals surface area contributed by atoms with Gasteiger partial charge in [0.2, 0.25) is 0 Å². The molecule has 3 rings (SSSR count). The van der Waals surface area contributed by atoms with E-state index in [4.69, 9.17) is 4.74 Å². The minimum Gasteiger partial charge on any atom is -0.378 e. The highest BCUT2D eigenvalue weighted by Gasteiger charge is 2.39. The van der Waals surface area contributed by atoms with Crippen LogP contribution in [-0.4, -0.2) is 37.4 Å². The van der Waals surface area contributed by atoms with E-state index in [1.165, 1.54) is 38.6 Å². The molecule has 3 unspecified atom stereocenters. The van der Waals surface area contributed by atoms with Crippen LogP contribution in [0.4, 0.5) is 0 Å². The number of hydrogen-bond acceptors (Lipinski definition) is 3. The molecule has 0 aromatic heterocycles. The second-order valence-electron chi connectivity index (χ2n) is 5.70. The van der Waals surface area contributed by atoms with Crippen molar-refractivity contribution >= 4 is 0 Å². The van der Waals surface area contributed by atoms with E-state index in [1.807, 2.05) is 0 Å². The zero-order valence-corrected chi connectivity index (χ0v) is 10.2. The fourth-order valence-electron chi connectivity index (χ4n) is 3.59. The molecule has 1 saturated carbocycles. The van der Waals surface area contributed by atoms with Gasteiger partial charge in [0.15, 0.2) is 0 Å². The van der Waals surface area contributed by atoms with E-state index >= 15 is 0 Å². The molecule has 0 aromatic carbocycles. The summed E-state index contributed by atoms with van der Waals surface area (Å²) in [6.07, 6.45) is 7.21. The van der Waals surface area contributed by atoms with Crippen molar-refractivity contribution in [3.8, 4) is 0 Å². The molecule has 2 saturated heterocycles. The Kier molecular flexibility index (Phi) is 3.18. The molecule has 0 aromatic rings. The van der Waals surface area contributed by atoms with E-state index in [9.17, 15) is 0 Å². The number of nitrogens with one attached hydrogen (secondary N) is 2. The number of hydrogen-bond donors (Lipinski definition) is 2. The molecular weight excluding hydrogens is 200 g/mol. The molecule has 3 nitrogen and oxygen atoms in total. The van der Waals surface area contributed by atoms with Gasteiger partial charge in [-0.15, -0.1) is 0 Å².